The van der Waals surface area contributed by atoms with Gasteiger partial charge in [0.05, 0.1) is 28.2 Å². The van der Waals surface area contributed by atoms with Gasteiger partial charge >= 0.3 is 0 Å². The zero-order chi connectivity index (χ0) is 23.2. The fraction of sp³-hybridized carbons (Fsp3) is 0.160. The maximum atomic E-state index is 13.1. The molecule has 0 radical (unpaired) electrons. The number of nitrogens with zero attached hydrogens (tertiary/aromatic N) is 3. The molecular formula is C25H20N4O3S. The van der Waals surface area contributed by atoms with Crippen molar-refractivity contribution in [2.75, 3.05) is 0 Å². The first kappa shape index (κ1) is 20.9. The molecule has 5 rings (SSSR count). The number of carbonyl (C=O) groups is 1. The van der Waals surface area contributed by atoms with Gasteiger partial charge in [-0.05, 0) is 78.9 Å². The van der Waals surface area contributed by atoms with Crippen molar-refractivity contribution in [3.8, 4) is 17.2 Å². The Morgan fingerprint density at radius 2 is 1.94 bits per heavy atom. The highest BCUT2D eigenvalue weighted by molar-refractivity contribution is 7.90. The minimum atomic E-state index is -3.96. The van der Waals surface area contributed by atoms with E-state index in [1.807, 2.05) is 43.3 Å². The van der Waals surface area contributed by atoms with Crippen molar-refractivity contribution in [1.82, 2.24) is 14.5 Å². The normalized spacial score (nSPS) is 13.6. The molecular weight excluding hydrogens is 436 g/mol. The largest absolute Gasteiger partial charge is 0.349 e. The van der Waals surface area contributed by atoms with Gasteiger partial charge in [-0.2, -0.15) is 22.9 Å². The smallest absolute Gasteiger partial charge is 0.283 e. The van der Waals surface area contributed by atoms with E-state index in [0.717, 1.165) is 33.6 Å². The van der Waals surface area contributed by atoms with Crippen LogP contribution in [0.3, 0.4) is 0 Å². The van der Waals surface area contributed by atoms with Gasteiger partial charge in [0.15, 0.2) is 0 Å². The van der Waals surface area contributed by atoms with Crippen LogP contribution in [0.25, 0.3) is 22.0 Å². The van der Waals surface area contributed by atoms with Crippen molar-refractivity contribution >= 4 is 26.8 Å². The molecule has 4 aromatic rings. The Balaban J connectivity index is 1.54. The summed E-state index contributed by atoms with van der Waals surface area (Å²) in [6.07, 6.45) is 3.55. The summed E-state index contributed by atoms with van der Waals surface area (Å²) in [5.74, 6) is -0.0849. The lowest BCUT2D eigenvalue weighted by Gasteiger charge is -2.11. The molecule has 33 heavy (non-hydrogen) atoms. The summed E-state index contributed by atoms with van der Waals surface area (Å²) in [4.78, 5) is 12.5. The molecule has 0 bridgehead atoms. The Morgan fingerprint density at radius 1 is 1.12 bits per heavy atom. The van der Waals surface area contributed by atoms with Crippen molar-refractivity contribution in [3.05, 3.63) is 83.6 Å². The summed E-state index contributed by atoms with van der Waals surface area (Å²) >= 11 is 0. The molecule has 1 aliphatic carbocycles. The predicted molar refractivity (Wildman–Crippen MR) is 124 cm³/mol. The monoisotopic (exact) mass is 456 g/mol. The molecule has 7 nitrogen and oxygen atoms in total. The average Bonchev–Trinajstić information content (AvgIpc) is 3.53. The average molecular weight is 457 g/mol. The highest BCUT2D eigenvalue weighted by atomic mass is 32.2. The van der Waals surface area contributed by atoms with Crippen LogP contribution in [0.4, 0.5) is 0 Å². The Labute approximate surface area is 191 Å². The van der Waals surface area contributed by atoms with Crippen LogP contribution in [0.15, 0.2) is 71.8 Å². The molecule has 0 saturated heterocycles. The van der Waals surface area contributed by atoms with Gasteiger partial charge in [-0.15, -0.1) is 0 Å². The van der Waals surface area contributed by atoms with Gasteiger partial charge in [-0.1, -0.05) is 18.2 Å². The number of nitrogens with one attached hydrogen (secondary N) is 1. The highest BCUT2D eigenvalue weighted by Crippen LogP contribution is 2.30. The van der Waals surface area contributed by atoms with Crippen molar-refractivity contribution in [2.24, 2.45) is 0 Å². The second kappa shape index (κ2) is 7.87. The molecule has 1 fully saturated rings. The molecule has 0 unspecified atom stereocenters. The lowest BCUT2D eigenvalue weighted by molar-refractivity contribution is 0.0951. The summed E-state index contributed by atoms with van der Waals surface area (Å²) < 4.78 is 27.3. The van der Waals surface area contributed by atoms with Gasteiger partial charge in [0.1, 0.15) is 0 Å². The second-order valence-corrected chi connectivity index (χ2v) is 9.95. The van der Waals surface area contributed by atoms with Gasteiger partial charge in [0.2, 0.25) is 0 Å². The number of benzene rings is 3. The highest BCUT2D eigenvalue weighted by Gasteiger charge is 2.24. The Hall–Kier alpha value is -3.96. The molecule has 0 atom stereocenters. The second-order valence-electron chi connectivity index (χ2n) is 8.18. The zero-order valence-corrected chi connectivity index (χ0v) is 18.6. The molecule has 1 amide bonds. The lowest BCUT2D eigenvalue weighted by Crippen LogP contribution is -2.25. The molecule has 1 heterocycles. The third-order valence-corrected chi connectivity index (χ3v) is 7.34. The summed E-state index contributed by atoms with van der Waals surface area (Å²) in [6.45, 7) is 1.97. The van der Waals surface area contributed by atoms with Crippen LogP contribution in [0, 0.1) is 18.3 Å². The van der Waals surface area contributed by atoms with Gasteiger partial charge < -0.3 is 5.32 Å². The molecule has 1 aromatic heterocycles. The fourth-order valence-corrected chi connectivity index (χ4v) is 5.09. The number of aryl methyl sites for hydroxylation is 1. The van der Waals surface area contributed by atoms with Crippen LogP contribution < -0.4 is 5.32 Å². The van der Waals surface area contributed by atoms with Crippen LogP contribution in [-0.4, -0.2) is 29.6 Å². The molecule has 8 heteroatoms. The van der Waals surface area contributed by atoms with Crippen molar-refractivity contribution in [2.45, 2.75) is 30.7 Å². The van der Waals surface area contributed by atoms with Crippen LogP contribution in [0.1, 0.15) is 34.3 Å². The summed E-state index contributed by atoms with van der Waals surface area (Å²) in [6, 6.07) is 19.1. The topological polar surface area (TPSA) is 105 Å². The molecule has 1 N–H and O–H groups in total. The van der Waals surface area contributed by atoms with Crippen LogP contribution >= 0.6 is 0 Å². The summed E-state index contributed by atoms with van der Waals surface area (Å²) in [7, 11) is -3.96. The van der Waals surface area contributed by atoms with Crippen molar-refractivity contribution in [1.29, 1.82) is 5.26 Å². The minimum Gasteiger partial charge on any atom is -0.349 e. The maximum Gasteiger partial charge on any atom is 0.283 e. The third kappa shape index (κ3) is 3.88. The van der Waals surface area contributed by atoms with Crippen molar-refractivity contribution < 1.29 is 13.2 Å². The summed E-state index contributed by atoms with van der Waals surface area (Å²) in [5, 5.41) is 16.9. The molecule has 0 aliphatic heterocycles. The first-order valence-electron chi connectivity index (χ1n) is 10.5. The van der Waals surface area contributed by atoms with Gasteiger partial charge in [-0.3, -0.25) is 4.79 Å². The lowest BCUT2D eigenvalue weighted by atomic mass is 9.97. The number of fused-ring (bicyclic) bond motifs is 1. The number of hydrogen-bond acceptors (Lipinski definition) is 5. The van der Waals surface area contributed by atoms with E-state index in [1.54, 1.807) is 12.1 Å². The standard InChI is InChI=1S/C25H20N4O3S/c1-16-5-6-19(25(30)28-21-8-9-21)13-23(16)18-7-10-24-20(12-18)15-27-29(24)33(31,32)22-4-2-3-17(11-22)14-26/h2-7,10-13,15,21H,8-9H2,1H3,(H,28,30). The fourth-order valence-electron chi connectivity index (χ4n) is 3.76. The van der Waals surface area contributed by atoms with E-state index in [-0.39, 0.29) is 22.4 Å². The molecule has 1 saturated carbocycles. The Morgan fingerprint density at radius 3 is 2.70 bits per heavy atom. The minimum absolute atomic E-state index is 0.000785. The number of nitriles is 1. The van der Waals surface area contributed by atoms with Gasteiger partial charge in [-0.25, -0.2) is 0 Å². The van der Waals surface area contributed by atoms with E-state index in [0.29, 0.717) is 16.5 Å². The first-order valence-corrected chi connectivity index (χ1v) is 12.0. The molecule has 1 aliphatic rings. The Kier molecular flexibility index (Phi) is 4.99. The van der Waals surface area contributed by atoms with E-state index in [4.69, 9.17) is 5.26 Å². The summed E-state index contributed by atoms with van der Waals surface area (Å²) in [5.41, 5.74) is 4.06. The van der Waals surface area contributed by atoms with Crippen LogP contribution in [0.5, 0.6) is 0 Å². The molecule has 164 valence electrons. The van der Waals surface area contributed by atoms with Gasteiger partial charge in [0, 0.05) is 17.0 Å². The Bertz CT molecular complexity index is 1560. The molecule has 0 spiro atoms. The van der Waals surface area contributed by atoms with E-state index in [1.165, 1.54) is 24.4 Å². The quantitative estimate of drug-likeness (QED) is 0.488. The van der Waals surface area contributed by atoms with Crippen LogP contribution in [-0.2, 0) is 10.0 Å². The zero-order valence-electron chi connectivity index (χ0n) is 17.8. The molecule has 3 aromatic carbocycles. The van der Waals surface area contributed by atoms with E-state index in [9.17, 15) is 13.2 Å². The van der Waals surface area contributed by atoms with E-state index >= 15 is 0 Å². The van der Waals surface area contributed by atoms with Crippen LogP contribution in [0.2, 0.25) is 0 Å². The van der Waals surface area contributed by atoms with Gasteiger partial charge in [0.25, 0.3) is 15.9 Å². The van der Waals surface area contributed by atoms with Crippen molar-refractivity contribution in [3.63, 3.8) is 0 Å². The number of aromatic nitrogens is 2. The number of hydrogen-bond donors (Lipinski definition) is 1. The first-order chi connectivity index (χ1) is 15.9. The third-order valence-electron chi connectivity index (χ3n) is 5.75. The number of rotatable bonds is 5. The van der Waals surface area contributed by atoms with E-state index in [2.05, 4.69) is 10.4 Å². The predicted octanol–water partition coefficient (Wildman–Crippen LogP) is 4.01. The maximum absolute atomic E-state index is 13.1. The number of amides is 1. The number of carbonyl (C=O) groups excluding carboxylic acids is 1. The SMILES string of the molecule is Cc1ccc(C(=O)NC2CC2)cc1-c1ccc2c(cnn2S(=O)(=O)c2cccc(C#N)c2)c1. The van der Waals surface area contributed by atoms with E-state index < -0.39 is 10.0 Å².